The maximum Gasteiger partial charge on any atom is 0.0856 e. The van der Waals surface area contributed by atoms with Crippen molar-refractivity contribution in [3.05, 3.63) is 53.6 Å². The van der Waals surface area contributed by atoms with Gasteiger partial charge in [0.05, 0.1) is 17.5 Å². The van der Waals surface area contributed by atoms with Crippen LogP contribution in [0.25, 0.3) is 22.2 Å². The van der Waals surface area contributed by atoms with Gasteiger partial charge < -0.3 is 4.98 Å². The van der Waals surface area contributed by atoms with Crippen molar-refractivity contribution >= 4 is 34.3 Å². The number of benzene rings is 2. The Morgan fingerprint density at radius 1 is 1.15 bits per heavy atom. The number of nitrogens with one attached hydrogen (secondary N) is 1. The molecular formula is C16H11ClN2S. The Labute approximate surface area is 126 Å². The van der Waals surface area contributed by atoms with Gasteiger partial charge in [-0.1, -0.05) is 48.0 Å². The summed E-state index contributed by atoms with van der Waals surface area (Å²) in [5, 5.41) is 10.6. The highest BCUT2D eigenvalue weighted by Gasteiger charge is 2.13. The zero-order valence-electron chi connectivity index (χ0n) is 10.6. The monoisotopic (exact) mass is 298 g/mol. The highest BCUT2D eigenvalue weighted by Crippen LogP contribution is 2.38. The van der Waals surface area contributed by atoms with Crippen LogP contribution < -0.4 is 0 Å². The van der Waals surface area contributed by atoms with Crippen molar-refractivity contribution in [2.24, 2.45) is 0 Å². The van der Waals surface area contributed by atoms with Gasteiger partial charge in [0, 0.05) is 20.8 Å². The van der Waals surface area contributed by atoms with Crippen molar-refractivity contribution in [1.29, 1.82) is 5.26 Å². The lowest BCUT2D eigenvalue weighted by molar-refractivity contribution is 1.39. The summed E-state index contributed by atoms with van der Waals surface area (Å²) in [4.78, 5) is 4.52. The average molecular weight is 299 g/mol. The summed E-state index contributed by atoms with van der Waals surface area (Å²) in [5.41, 5.74) is 3.15. The van der Waals surface area contributed by atoms with Crippen LogP contribution >= 0.6 is 23.4 Å². The van der Waals surface area contributed by atoms with E-state index in [0.29, 0.717) is 10.8 Å². The van der Waals surface area contributed by atoms with Crippen molar-refractivity contribution < 1.29 is 0 Å². The van der Waals surface area contributed by atoms with E-state index in [1.165, 1.54) is 0 Å². The molecule has 0 fully saturated rings. The van der Waals surface area contributed by atoms with Gasteiger partial charge in [-0.25, -0.2) is 0 Å². The predicted molar refractivity (Wildman–Crippen MR) is 85.1 cm³/mol. The van der Waals surface area contributed by atoms with Crippen LogP contribution in [0.1, 0.15) is 0 Å². The standard InChI is InChI=1S/C16H11ClN2S/c17-12-6-7-13-14(10-12)19-15(16(13)20-9-8-18)11-4-2-1-3-5-11/h1-7,10,19H,9H2. The molecule has 0 atom stereocenters. The van der Waals surface area contributed by atoms with Crippen molar-refractivity contribution in [1.82, 2.24) is 4.98 Å². The first-order valence-corrected chi connectivity index (χ1v) is 7.52. The lowest BCUT2D eigenvalue weighted by Gasteiger charge is -2.02. The Morgan fingerprint density at radius 2 is 1.95 bits per heavy atom. The highest BCUT2D eigenvalue weighted by atomic mass is 35.5. The van der Waals surface area contributed by atoms with E-state index < -0.39 is 0 Å². The maximum atomic E-state index is 8.84. The molecule has 1 aromatic heterocycles. The largest absolute Gasteiger partial charge is 0.354 e. The SMILES string of the molecule is N#CCSc1c(-c2ccccc2)[nH]c2cc(Cl)ccc12. The molecule has 0 radical (unpaired) electrons. The zero-order chi connectivity index (χ0) is 13.9. The Hall–Kier alpha value is -1.89. The number of thioether (sulfide) groups is 1. The molecule has 2 nitrogen and oxygen atoms in total. The van der Waals surface area contributed by atoms with Crippen LogP contribution in [0.3, 0.4) is 0 Å². The molecule has 1 heterocycles. The summed E-state index contributed by atoms with van der Waals surface area (Å²) in [5.74, 6) is 0.426. The molecule has 3 rings (SSSR count). The third-order valence-electron chi connectivity index (χ3n) is 3.06. The molecule has 0 saturated carbocycles. The summed E-state index contributed by atoms with van der Waals surface area (Å²) < 4.78 is 0. The molecule has 0 aliphatic rings. The summed E-state index contributed by atoms with van der Waals surface area (Å²) in [6.45, 7) is 0. The fraction of sp³-hybridized carbons (Fsp3) is 0.0625. The molecule has 0 spiro atoms. The second-order valence-electron chi connectivity index (χ2n) is 4.33. The van der Waals surface area contributed by atoms with E-state index in [1.807, 2.05) is 36.4 Å². The summed E-state index contributed by atoms with van der Waals surface area (Å²) >= 11 is 7.60. The van der Waals surface area contributed by atoms with Gasteiger partial charge in [0.15, 0.2) is 0 Å². The molecule has 98 valence electrons. The van der Waals surface area contributed by atoms with Gasteiger partial charge in [0.2, 0.25) is 0 Å². The summed E-state index contributed by atoms with van der Waals surface area (Å²) in [7, 11) is 0. The van der Waals surface area contributed by atoms with Gasteiger partial charge in [0.1, 0.15) is 0 Å². The van der Waals surface area contributed by atoms with Crippen LogP contribution in [0.15, 0.2) is 53.4 Å². The molecule has 0 saturated heterocycles. The Morgan fingerprint density at radius 3 is 2.70 bits per heavy atom. The minimum Gasteiger partial charge on any atom is -0.354 e. The zero-order valence-corrected chi connectivity index (χ0v) is 12.1. The highest BCUT2D eigenvalue weighted by molar-refractivity contribution is 7.99. The molecule has 0 aliphatic heterocycles. The number of aromatic nitrogens is 1. The Bertz CT molecular complexity index is 787. The Balaban J connectivity index is 2.22. The first-order chi connectivity index (χ1) is 9.79. The second kappa shape index (κ2) is 5.62. The van der Waals surface area contributed by atoms with Gasteiger partial charge in [-0.2, -0.15) is 5.26 Å². The third kappa shape index (κ3) is 2.40. The number of fused-ring (bicyclic) bond motifs is 1. The van der Waals surface area contributed by atoms with E-state index in [0.717, 1.165) is 27.1 Å². The van der Waals surface area contributed by atoms with Gasteiger partial charge in [-0.3, -0.25) is 0 Å². The van der Waals surface area contributed by atoms with Crippen molar-refractivity contribution in [2.45, 2.75) is 4.90 Å². The molecular weight excluding hydrogens is 288 g/mol. The third-order valence-corrected chi connectivity index (χ3v) is 4.28. The van der Waals surface area contributed by atoms with E-state index in [1.54, 1.807) is 11.8 Å². The lowest BCUT2D eigenvalue weighted by atomic mass is 10.1. The van der Waals surface area contributed by atoms with Crippen molar-refractivity contribution in [2.75, 3.05) is 5.75 Å². The number of aromatic amines is 1. The van der Waals surface area contributed by atoms with Crippen molar-refractivity contribution in [3.63, 3.8) is 0 Å². The molecule has 3 aromatic rings. The summed E-state index contributed by atoms with van der Waals surface area (Å²) in [6, 6.07) is 18.1. The van der Waals surface area contributed by atoms with Crippen molar-refractivity contribution in [3.8, 4) is 17.3 Å². The maximum absolute atomic E-state index is 8.84. The molecule has 0 bridgehead atoms. The quantitative estimate of drug-likeness (QED) is 0.683. The van der Waals surface area contributed by atoms with Crippen LogP contribution in [0.4, 0.5) is 0 Å². The molecule has 4 heteroatoms. The van der Waals surface area contributed by atoms with Gasteiger partial charge in [-0.15, -0.1) is 11.8 Å². The molecule has 0 unspecified atom stereocenters. The molecule has 2 aromatic carbocycles. The van der Waals surface area contributed by atoms with E-state index in [4.69, 9.17) is 16.9 Å². The Kier molecular flexibility index (Phi) is 3.68. The number of hydrogen-bond donors (Lipinski definition) is 1. The number of rotatable bonds is 3. The molecule has 0 aliphatic carbocycles. The first-order valence-electron chi connectivity index (χ1n) is 6.16. The van der Waals surface area contributed by atoms with E-state index in [2.05, 4.69) is 23.2 Å². The van der Waals surface area contributed by atoms with Crippen LogP contribution in [0.2, 0.25) is 5.02 Å². The molecule has 0 amide bonds. The van der Waals surface area contributed by atoms with Gasteiger partial charge in [-0.05, 0) is 17.7 Å². The van der Waals surface area contributed by atoms with Crippen LogP contribution in [0.5, 0.6) is 0 Å². The van der Waals surface area contributed by atoms with E-state index >= 15 is 0 Å². The fourth-order valence-corrected chi connectivity index (χ4v) is 3.23. The number of nitriles is 1. The normalized spacial score (nSPS) is 10.6. The number of nitrogens with zero attached hydrogens (tertiary/aromatic N) is 1. The topological polar surface area (TPSA) is 39.6 Å². The number of H-pyrrole nitrogens is 1. The van der Waals surface area contributed by atoms with E-state index in [-0.39, 0.29) is 0 Å². The fourth-order valence-electron chi connectivity index (χ4n) is 2.21. The predicted octanol–water partition coefficient (Wildman–Crippen LogP) is 5.10. The molecule has 20 heavy (non-hydrogen) atoms. The number of hydrogen-bond acceptors (Lipinski definition) is 2. The van der Waals surface area contributed by atoms with Gasteiger partial charge >= 0.3 is 0 Å². The average Bonchev–Trinajstić information content (AvgIpc) is 2.83. The second-order valence-corrected chi connectivity index (χ2v) is 5.75. The van der Waals surface area contributed by atoms with E-state index in [9.17, 15) is 0 Å². The van der Waals surface area contributed by atoms with Gasteiger partial charge in [0.25, 0.3) is 0 Å². The first kappa shape index (κ1) is 13.1. The minimum atomic E-state index is 0.426. The van der Waals surface area contributed by atoms with Crippen LogP contribution in [-0.2, 0) is 0 Å². The van der Waals surface area contributed by atoms with Crippen LogP contribution in [0, 0.1) is 11.3 Å². The summed E-state index contributed by atoms with van der Waals surface area (Å²) in [6.07, 6.45) is 0. The minimum absolute atomic E-state index is 0.426. The number of halogens is 1. The lowest BCUT2D eigenvalue weighted by Crippen LogP contribution is -1.80. The van der Waals surface area contributed by atoms with Crippen LogP contribution in [-0.4, -0.2) is 10.7 Å². The smallest absolute Gasteiger partial charge is 0.0856 e. The molecule has 1 N–H and O–H groups in total.